The number of hydrogen-bond acceptors (Lipinski definition) is 6. The minimum absolute atomic E-state index is 0.0175. The molecule has 1 amide bonds. The number of aliphatic hydroxyl groups excluding tert-OH is 1. The van der Waals surface area contributed by atoms with Gasteiger partial charge in [-0.05, 0) is 43.3 Å². The topological polar surface area (TPSA) is 84.2 Å². The Kier molecular flexibility index (Phi) is 15.0. The molecule has 2 heterocycles. The molecule has 224 valence electrons. The zero-order valence-corrected chi connectivity index (χ0v) is 24.9. The summed E-state index contributed by atoms with van der Waals surface area (Å²) >= 11 is 0. The third kappa shape index (κ3) is 11.9. The molecule has 0 spiro atoms. The van der Waals surface area contributed by atoms with Crippen molar-refractivity contribution in [3.63, 3.8) is 0 Å². The van der Waals surface area contributed by atoms with Crippen LogP contribution < -0.4 is 14.8 Å². The van der Waals surface area contributed by atoms with E-state index in [-0.39, 0.29) is 5.91 Å². The Bertz CT molecular complexity index is 948. The molecule has 0 saturated heterocycles. The number of rotatable bonds is 21. The Morgan fingerprint density at radius 3 is 2.15 bits per heavy atom. The van der Waals surface area contributed by atoms with Gasteiger partial charge in [0.2, 0.25) is 5.91 Å². The molecule has 1 aliphatic rings. The molecule has 0 saturated carbocycles. The van der Waals surface area contributed by atoms with Gasteiger partial charge in [-0.25, -0.2) is 0 Å². The van der Waals surface area contributed by atoms with Gasteiger partial charge in [0.25, 0.3) is 0 Å². The van der Waals surface area contributed by atoms with Crippen LogP contribution in [0.3, 0.4) is 0 Å². The van der Waals surface area contributed by atoms with Crippen LogP contribution in [-0.2, 0) is 11.3 Å². The number of hydrogen-bond donors (Lipinski definition) is 2. The van der Waals surface area contributed by atoms with Crippen LogP contribution in [0.25, 0.3) is 0 Å². The molecule has 0 aliphatic carbocycles. The minimum Gasteiger partial charge on any atom is -0.486 e. The molecule has 40 heavy (non-hydrogen) atoms. The van der Waals surface area contributed by atoms with Crippen molar-refractivity contribution in [2.24, 2.45) is 0 Å². The van der Waals surface area contributed by atoms with E-state index in [0.29, 0.717) is 49.8 Å². The molecule has 0 fully saturated rings. The summed E-state index contributed by atoms with van der Waals surface area (Å²) in [6.07, 6.45) is 17.8. The lowest BCUT2D eigenvalue weighted by atomic mass is 10.00. The Labute approximate surface area is 241 Å². The molecule has 2 atom stereocenters. The van der Waals surface area contributed by atoms with Crippen LogP contribution >= 0.6 is 0 Å². The maximum absolute atomic E-state index is 12.9. The monoisotopic (exact) mass is 556 g/mol. The summed E-state index contributed by atoms with van der Waals surface area (Å²) in [7, 11) is 1.96. The molecular weight excluding hydrogens is 504 g/mol. The van der Waals surface area contributed by atoms with Crippen molar-refractivity contribution >= 4 is 5.91 Å². The highest BCUT2D eigenvalue weighted by atomic mass is 16.6. The number of likely N-dealkylation sites (N-methyl/N-ethyl adjacent to an activating group) is 1. The average molecular weight is 557 g/mol. The highest BCUT2D eigenvalue weighted by molar-refractivity contribution is 5.76. The van der Waals surface area contributed by atoms with Gasteiger partial charge in [0.05, 0.1) is 18.8 Å². The number of benzene rings is 1. The molecule has 2 N–H and O–H groups in total. The van der Waals surface area contributed by atoms with Crippen LogP contribution in [0.5, 0.6) is 11.5 Å². The molecular formula is C33H52N2O5. The molecule has 1 aromatic heterocycles. The van der Waals surface area contributed by atoms with Crippen molar-refractivity contribution in [2.45, 2.75) is 116 Å². The van der Waals surface area contributed by atoms with Gasteiger partial charge in [0.1, 0.15) is 25.1 Å². The molecule has 7 nitrogen and oxygen atoms in total. The first-order valence-electron chi connectivity index (χ1n) is 15.6. The zero-order chi connectivity index (χ0) is 28.4. The smallest absolute Gasteiger partial charge is 0.220 e. The van der Waals surface area contributed by atoms with Crippen molar-refractivity contribution < 1.29 is 23.8 Å². The van der Waals surface area contributed by atoms with Gasteiger partial charge >= 0.3 is 0 Å². The number of carbonyl (C=O) groups is 1. The second-order valence-corrected chi connectivity index (χ2v) is 11.3. The van der Waals surface area contributed by atoms with E-state index in [1.54, 1.807) is 6.26 Å². The average Bonchev–Trinajstić information content (AvgIpc) is 3.47. The van der Waals surface area contributed by atoms with E-state index in [2.05, 4.69) is 17.1 Å². The van der Waals surface area contributed by atoms with Gasteiger partial charge in [-0.2, -0.15) is 0 Å². The summed E-state index contributed by atoms with van der Waals surface area (Å²) in [6.45, 7) is 4.33. The van der Waals surface area contributed by atoms with Gasteiger partial charge in [-0.3, -0.25) is 9.69 Å². The van der Waals surface area contributed by atoms with Crippen LogP contribution in [0.2, 0.25) is 0 Å². The minimum atomic E-state index is -0.884. The number of carbonyl (C=O) groups excluding carboxylic acids is 1. The number of ether oxygens (including phenoxy) is 2. The fraction of sp³-hybridized carbons (Fsp3) is 0.667. The van der Waals surface area contributed by atoms with Crippen LogP contribution in [0.4, 0.5) is 0 Å². The molecule has 1 aromatic carbocycles. The Balaban J connectivity index is 1.40. The lowest BCUT2D eigenvalue weighted by Crippen LogP contribution is -2.46. The van der Waals surface area contributed by atoms with Crippen LogP contribution in [0.1, 0.15) is 114 Å². The SMILES string of the molecule is CCCCCCCCCCCCCCCC(=O)N[C@H](CN(C)Cc1ccco1)[C@H](O)c1ccc2c(c1)OCCO2. The van der Waals surface area contributed by atoms with Gasteiger partial charge in [0, 0.05) is 13.0 Å². The fourth-order valence-corrected chi connectivity index (χ4v) is 5.35. The Morgan fingerprint density at radius 1 is 0.900 bits per heavy atom. The van der Waals surface area contributed by atoms with E-state index in [4.69, 9.17) is 13.9 Å². The van der Waals surface area contributed by atoms with Gasteiger partial charge in [0.15, 0.2) is 11.5 Å². The van der Waals surface area contributed by atoms with Crippen molar-refractivity contribution in [1.29, 1.82) is 0 Å². The van der Waals surface area contributed by atoms with Crippen molar-refractivity contribution in [2.75, 3.05) is 26.8 Å². The molecule has 0 bridgehead atoms. The third-order valence-corrected chi connectivity index (χ3v) is 7.66. The number of nitrogens with one attached hydrogen (secondary N) is 1. The summed E-state index contributed by atoms with van der Waals surface area (Å²) in [5, 5.41) is 14.4. The largest absolute Gasteiger partial charge is 0.486 e. The van der Waals surface area contributed by atoms with E-state index in [1.807, 2.05) is 37.4 Å². The second-order valence-electron chi connectivity index (χ2n) is 11.3. The number of aliphatic hydroxyl groups is 1. The standard InChI is InChI=1S/C33H52N2O5/c1-3-4-5-6-7-8-9-10-11-12-13-14-15-18-32(36)34-29(26-35(2)25-28-17-16-21-38-28)33(37)27-19-20-30-31(24-27)40-23-22-39-30/h16-17,19-21,24,29,33,37H,3-15,18,22-23,25-26H2,1-2H3,(H,34,36)/t29-,33-/m1/s1. The molecule has 2 aromatic rings. The van der Waals surface area contributed by atoms with Crippen LogP contribution in [-0.4, -0.2) is 48.8 Å². The molecule has 0 unspecified atom stereocenters. The highest BCUT2D eigenvalue weighted by Gasteiger charge is 2.26. The first kappa shape index (κ1) is 32.0. The number of amides is 1. The normalized spacial score (nSPS) is 14.3. The van der Waals surface area contributed by atoms with E-state index < -0.39 is 12.1 Å². The predicted octanol–water partition coefficient (Wildman–Crippen LogP) is 7.18. The maximum atomic E-state index is 12.9. The zero-order valence-electron chi connectivity index (χ0n) is 24.9. The molecule has 0 radical (unpaired) electrons. The lowest BCUT2D eigenvalue weighted by Gasteiger charge is -2.29. The summed E-state index contributed by atoms with van der Waals surface area (Å²) in [5.74, 6) is 2.13. The first-order valence-corrected chi connectivity index (χ1v) is 15.6. The fourth-order valence-electron chi connectivity index (χ4n) is 5.35. The Hall–Kier alpha value is -2.51. The van der Waals surface area contributed by atoms with Crippen LogP contribution in [0, 0.1) is 0 Å². The first-order chi connectivity index (χ1) is 19.6. The third-order valence-electron chi connectivity index (χ3n) is 7.66. The van der Waals surface area contributed by atoms with Crippen molar-refractivity contribution in [3.8, 4) is 11.5 Å². The van der Waals surface area contributed by atoms with E-state index in [0.717, 1.165) is 18.6 Å². The maximum Gasteiger partial charge on any atom is 0.220 e. The molecule has 3 rings (SSSR count). The summed E-state index contributed by atoms with van der Waals surface area (Å²) in [4.78, 5) is 15.0. The molecule has 1 aliphatic heterocycles. The molecule has 7 heteroatoms. The van der Waals surface area contributed by atoms with Gasteiger partial charge in [-0.1, -0.05) is 90.0 Å². The number of nitrogens with zero attached hydrogens (tertiary/aromatic N) is 1. The van der Waals surface area contributed by atoms with E-state index in [1.165, 1.54) is 70.6 Å². The second kappa shape index (κ2) is 18.8. The predicted molar refractivity (Wildman–Crippen MR) is 160 cm³/mol. The number of furan rings is 1. The van der Waals surface area contributed by atoms with Gasteiger partial charge < -0.3 is 24.3 Å². The summed E-state index contributed by atoms with van der Waals surface area (Å²) in [5.41, 5.74) is 0.696. The highest BCUT2D eigenvalue weighted by Crippen LogP contribution is 2.33. The van der Waals surface area contributed by atoms with Crippen LogP contribution in [0.15, 0.2) is 41.0 Å². The van der Waals surface area contributed by atoms with Gasteiger partial charge in [-0.15, -0.1) is 0 Å². The summed E-state index contributed by atoms with van der Waals surface area (Å²) in [6, 6.07) is 8.80. The van der Waals surface area contributed by atoms with E-state index >= 15 is 0 Å². The van der Waals surface area contributed by atoms with E-state index in [9.17, 15) is 9.90 Å². The quantitative estimate of drug-likeness (QED) is 0.158. The number of fused-ring (bicyclic) bond motifs is 1. The van der Waals surface area contributed by atoms with Crippen molar-refractivity contribution in [3.05, 3.63) is 47.9 Å². The summed E-state index contributed by atoms with van der Waals surface area (Å²) < 4.78 is 16.8. The number of unbranched alkanes of at least 4 members (excludes halogenated alkanes) is 12. The lowest BCUT2D eigenvalue weighted by molar-refractivity contribution is -0.123. The Morgan fingerprint density at radius 2 is 1.52 bits per heavy atom. The van der Waals surface area contributed by atoms with Crippen molar-refractivity contribution in [1.82, 2.24) is 10.2 Å².